The lowest BCUT2D eigenvalue weighted by molar-refractivity contribution is -0.150. The molecule has 0 atom stereocenters. The molecule has 125 heavy (non-hydrogen) atoms. The molecule has 0 radical (unpaired) electrons. The Kier molecular flexibility index (Phi) is 42.7. The first kappa shape index (κ1) is 97.6. The Morgan fingerprint density at radius 2 is 0.360 bits per heavy atom. The molecular weight excluding hydrogens is 1580 g/mol. The van der Waals surface area contributed by atoms with Crippen molar-refractivity contribution >= 4 is 70.9 Å². The summed E-state index contributed by atoms with van der Waals surface area (Å²) in [7, 11) is 0. The average molecular weight is 1710 g/mol. The van der Waals surface area contributed by atoms with E-state index in [1.165, 1.54) is 53.9 Å². The second kappa shape index (κ2) is 54.6. The number of unbranched alkanes of at least 4 members (excludes halogenated alkanes) is 4. The standard InChI is InChI=1S/C96H123N17O12/c97-49-25-29-53-102-57-86(115)107(59-78-35-11-2-12-36-78)73-94(123)108(60-79-37-13-3-14-38-79)70-87(116)104(55-31-27-51-99)68-91(120)112(64-83-45-21-7-22-46-83)75-96(125)110(62-81-41-17-5-18-42-81)72-89(118)105(56-32-28-52-100)69-92(121)113(65-84-47-23-8-24-48-84)76-95(124)109(61-80-39-15-4-16-40-80)71-88(117)103(54-30-26-50-98)67-90(119)111(63-82-43-19-6-20-44-82)74-93(122)106(66-85(101)114)58-77-33-9-1-10-34-77/h1-24,33-48,102H,25-32,49-76,97-100H2,(H2,101,114). The van der Waals surface area contributed by atoms with Gasteiger partial charge in [-0.05, 0) is 129 Å². The molecule has 0 heterocycles. The minimum Gasteiger partial charge on any atom is -0.368 e. The van der Waals surface area contributed by atoms with Crippen molar-refractivity contribution in [1.82, 2.24) is 59.2 Å². The summed E-state index contributed by atoms with van der Waals surface area (Å²) in [5, 5.41) is 3.18. The highest BCUT2D eigenvalue weighted by atomic mass is 16.2. The monoisotopic (exact) mass is 1710 g/mol. The van der Waals surface area contributed by atoms with Gasteiger partial charge in [0.1, 0.15) is 45.8 Å². The predicted molar refractivity (Wildman–Crippen MR) is 480 cm³/mol. The van der Waals surface area contributed by atoms with Crippen molar-refractivity contribution in [2.75, 3.05) is 131 Å². The zero-order valence-electron chi connectivity index (χ0n) is 71.8. The van der Waals surface area contributed by atoms with Gasteiger partial charge in [0.25, 0.3) is 0 Å². The van der Waals surface area contributed by atoms with Crippen LogP contribution in [0.4, 0.5) is 0 Å². The maximum absolute atomic E-state index is 15.5. The molecule has 0 bridgehead atoms. The molecule has 0 saturated carbocycles. The molecule has 8 aromatic carbocycles. The summed E-state index contributed by atoms with van der Waals surface area (Å²) in [5.74, 6) is -7.24. The van der Waals surface area contributed by atoms with Crippen LogP contribution in [0.5, 0.6) is 0 Å². The van der Waals surface area contributed by atoms with Crippen LogP contribution in [-0.4, -0.2) is 256 Å². The van der Waals surface area contributed by atoms with Crippen LogP contribution in [-0.2, 0) is 110 Å². The molecule has 11 N–H and O–H groups in total. The second-order valence-electron chi connectivity index (χ2n) is 31.0. The summed E-state index contributed by atoms with van der Waals surface area (Å²) < 4.78 is 0. The van der Waals surface area contributed by atoms with Crippen LogP contribution in [0.1, 0.15) is 95.9 Å². The van der Waals surface area contributed by atoms with Crippen LogP contribution in [0.3, 0.4) is 0 Å². The Labute approximate surface area is 734 Å². The molecule has 0 aromatic heterocycles. The maximum atomic E-state index is 15.5. The van der Waals surface area contributed by atoms with E-state index >= 15 is 33.6 Å². The number of carbonyl (C=O) groups is 12. The highest BCUT2D eigenvalue weighted by Gasteiger charge is 2.34. The van der Waals surface area contributed by atoms with Crippen molar-refractivity contribution in [3.63, 3.8) is 0 Å². The number of hydrogen-bond acceptors (Lipinski definition) is 17. The summed E-state index contributed by atoms with van der Waals surface area (Å²) in [5.41, 5.74) is 34.9. The molecule has 0 aliphatic rings. The maximum Gasteiger partial charge on any atom is 0.242 e. The first-order chi connectivity index (χ1) is 60.7. The Morgan fingerprint density at radius 1 is 0.200 bits per heavy atom. The number of primary amides is 1. The molecule has 0 fully saturated rings. The number of carbonyl (C=O) groups excluding carboxylic acids is 12. The molecule has 8 aromatic rings. The van der Waals surface area contributed by atoms with Crippen LogP contribution in [0.2, 0.25) is 0 Å². The number of benzene rings is 8. The number of amides is 12. The van der Waals surface area contributed by atoms with Gasteiger partial charge >= 0.3 is 0 Å². The zero-order valence-corrected chi connectivity index (χ0v) is 71.8. The van der Waals surface area contributed by atoms with Crippen molar-refractivity contribution in [3.05, 3.63) is 287 Å². The Morgan fingerprint density at radius 3 is 0.544 bits per heavy atom. The van der Waals surface area contributed by atoms with Crippen LogP contribution >= 0.6 is 0 Å². The fourth-order valence-electron chi connectivity index (χ4n) is 14.0. The van der Waals surface area contributed by atoms with E-state index < -0.39 is 130 Å². The van der Waals surface area contributed by atoms with Gasteiger partial charge in [0.05, 0.1) is 32.7 Å². The summed E-state index contributed by atoms with van der Waals surface area (Å²) in [6.07, 6.45) is 3.99. The summed E-state index contributed by atoms with van der Waals surface area (Å²) in [6.45, 7) is -4.29. The number of rotatable bonds is 56. The topological polar surface area (TPSA) is 383 Å². The van der Waals surface area contributed by atoms with Gasteiger partial charge < -0.3 is 87.9 Å². The highest BCUT2D eigenvalue weighted by molar-refractivity contribution is 5.95. The minimum atomic E-state index is -0.756. The third kappa shape index (κ3) is 35.5. The van der Waals surface area contributed by atoms with Gasteiger partial charge in [0.15, 0.2) is 0 Å². The third-order valence-electron chi connectivity index (χ3n) is 20.9. The molecule has 0 unspecified atom stereocenters. The Hall–Kier alpha value is -12.8. The number of nitrogens with zero attached hydrogens (tertiary/aromatic N) is 11. The van der Waals surface area contributed by atoms with Crippen molar-refractivity contribution in [2.24, 2.45) is 28.7 Å². The van der Waals surface area contributed by atoms with Crippen molar-refractivity contribution < 1.29 is 57.5 Å². The molecule has 29 nitrogen and oxygen atoms in total. The fraction of sp³-hybridized carbons (Fsp3) is 0.375. The Bertz CT molecular complexity index is 4630. The van der Waals surface area contributed by atoms with Crippen LogP contribution in [0.15, 0.2) is 243 Å². The van der Waals surface area contributed by atoms with Crippen molar-refractivity contribution in [2.45, 2.75) is 104 Å². The van der Waals surface area contributed by atoms with Gasteiger partial charge in [0, 0.05) is 72.0 Å². The lowest BCUT2D eigenvalue weighted by Gasteiger charge is -2.33. The van der Waals surface area contributed by atoms with E-state index in [1.807, 2.05) is 78.9 Å². The van der Waals surface area contributed by atoms with Gasteiger partial charge in [-0.15, -0.1) is 0 Å². The van der Waals surface area contributed by atoms with Crippen molar-refractivity contribution in [1.29, 1.82) is 0 Å². The number of nitrogens with two attached hydrogens (primary N) is 5. The molecule has 664 valence electrons. The van der Waals surface area contributed by atoms with Crippen LogP contribution in [0.25, 0.3) is 0 Å². The predicted octanol–water partition coefficient (Wildman–Crippen LogP) is 5.73. The second-order valence-corrected chi connectivity index (χ2v) is 31.0. The van der Waals surface area contributed by atoms with Gasteiger partial charge in [-0.3, -0.25) is 57.5 Å². The molecule has 0 aliphatic heterocycles. The van der Waals surface area contributed by atoms with Crippen LogP contribution < -0.4 is 34.0 Å². The van der Waals surface area contributed by atoms with E-state index in [4.69, 9.17) is 28.7 Å². The van der Waals surface area contributed by atoms with Gasteiger partial charge in [-0.1, -0.05) is 243 Å². The number of hydrogen-bond donors (Lipinski definition) is 6. The summed E-state index contributed by atoms with van der Waals surface area (Å²) in [6, 6.07) is 72.1. The van der Waals surface area contributed by atoms with E-state index in [1.54, 1.807) is 164 Å². The van der Waals surface area contributed by atoms with Crippen molar-refractivity contribution in [3.8, 4) is 0 Å². The largest absolute Gasteiger partial charge is 0.368 e. The number of nitrogens with one attached hydrogen (secondary N) is 1. The van der Waals surface area contributed by atoms with E-state index in [-0.39, 0.29) is 111 Å². The van der Waals surface area contributed by atoms with E-state index in [0.717, 1.165) is 24.0 Å². The molecule has 0 aliphatic carbocycles. The first-order valence-corrected chi connectivity index (χ1v) is 42.9. The fourth-order valence-corrected chi connectivity index (χ4v) is 14.0. The molecule has 12 amide bonds. The first-order valence-electron chi connectivity index (χ1n) is 42.9. The smallest absolute Gasteiger partial charge is 0.242 e. The molecule has 0 spiro atoms. The van der Waals surface area contributed by atoms with E-state index in [2.05, 4.69) is 5.32 Å². The van der Waals surface area contributed by atoms with Crippen LogP contribution in [0, 0.1) is 0 Å². The Balaban J connectivity index is 1.05. The zero-order chi connectivity index (χ0) is 89.3. The average Bonchev–Trinajstić information content (AvgIpc) is 0.845. The SMILES string of the molecule is NCCCCNCC(=O)N(CC(=O)N(CC(=O)N(CCCCN)CC(=O)N(CC(=O)N(CC(=O)N(CCCCN)CC(=O)N(CC(=O)N(CC(=O)N(CCCCN)CC(=O)N(CC(=O)N(CC(N)=O)Cc1ccccc1)Cc1ccccc1)Cc1ccccc1)Cc1ccccc1)Cc1ccccc1)Cc1ccccc1)Cc1ccccc1)Cc1ccccc1. The molecular formula is C96H123N17O12. The minimum absolute atomic E-state index is 0.00953. The van der Waals surface area contributed by atoms with Gasteiger partial charge in [0.2, 0.25) is 70.9 Å². The highest BCUT2D eigenvalue weighted by Crippen LogP contribution is 2.19. The third-order valence-corrected chi connectivity index (χ3v) is 20.9. The molecule has 8 rings (SSSR count). The van der Waals surface area contributed by atoms with E-state index in [0.29, 0.717) is 85.0 Å². The van der Waals surface area contributed by atoms with Gasteiger partial charge in [-0.25, -0.2) is 0 Å². The molecule has 29 heteroatoms. The van der Waals surface area contributed by atoms with E-state index in [9.17, 15) is 24.0 Å². The van der Waals surface area contributed by atoms with Gasteiger partial charge in [-0.2, -0.15) is 0 Å². The quantitative estimate of drug-likeness (QED) is 0.0248. The lowest BCUT2D eigenvalue weighted by atomic mass is 10.2. The molecule has 0 saturated heterocycles. The summed E-state index contributed by atoms with van der Waals surface area (Å²) >= 11 is 0. The lowest BCUT2D eigenvalue weighted by Crippen LogP contribution is -2.52. The normalized spacial score (nSPS) is 10.9. The summed E-state index contributed by atoms with van der Waals surface area (Å²) in [4.78, 5) is 193.